The van der Waals surface area contributed by atoms with Gasteiger partial charge in [-0.2, -0.15) is 0 Å². The Bertz CT molecular complexity index is 417. The Hall–Kier alpha value is -1.11. The molecule has 2 heterocycles. The Morgan fingerprint density at radius 2 is 2.44 bits per heavy atom. The molecule has 2 atom stereocenters. The average molecular weight is 240 g/mol. The van der Waals surface area contributed by atoms with Crippen molar-refractivity contribution in [3.63, 3.8) is 0 Å². The van der Waals surface area contributed by atoms with Crippen LogP contribution < -0.4 is 16.8 Å². The van der Waals surface area contributed by atoms with Crippen molar-refractivity contribution in [2.24, 2.45) is 16.5 Å². The molecule has 0 aromatic carbocycles. The van der Waals surface area contributed by atoms with Gasteiger partial charge in [-0.1, -0.05) is 0 Å². The van der Waals surface area contributed by atoms with Crippen LogP contribution in [0.3, 0.4) is 0 Å². The normalized spacial score (nSPS) is 25.6. The number of nitrogens with two attached hydrogens (primary N) is 2. The van der Waals surface area contributed by atoms with Crippen LogP contribution in [0, 0.1) is 0 Å². The number of fused-ring (bicyclic) bond motifs is 1. The summed E-state index contributed by atoms with van der Waals surface area (Å²) in [6.45, 7) is 1.97. The highest BCUT2D eigenvalue weighted by atomic mass is 32.1. The fourth-order valence-electron chi connectivity index (χ4n) is 1.83. The maximum Gasteiger partial charge on any atom is 0.195 e. The SMILES string of the molecule is COC(C)CC1(N)N=C(N)Nc2ccsc21. The molecule has 5 nitrogen and oxygen atoms in total. The number of nitrogens with one attached hydrogen (secondary N) is 1. The van der Waals surface area contributed by atoms with Gasteiger partial charge < -0.3 is 21.5 Å². The van der Waals surface area contributed by atoms with Crippen molar-refractivity contribution in [1.82, 2.24) is 0 Å². The van der Waals surface area contributed by atoms with Crippen LogP contribution in [0.5, 0.6) is 0 Å². The molecular weight excluding hydrogens is 224 g/mol. The highest BCUT2D eigenvalue weighted by molar-refractivity contribution is 7.10. The molecule has 0 amide bonds. The van der Waals surface area contributed by atoms with Crippen molar-refractivity contribution in [3.8, 4) is 0 Å². The molecular formula is C10H16N4OS. The fraction of sp³-hybridized carbons (Fsp3) is 0.500. The smallest absolute Gasteiger partial charge is 0.195 e. The van der Waals surface area contributed by atoms with Gasteiger partial charge in [0, 0.05) is 13.5 Å². The Morgan fingerprint density at radius 1 is 1.69 bits per heavy atom. The maximum atomic E-state index is 6.30. The molecule has 0 bridgehead atoms. The number of guanidine groups is 1. The van der Waals surface area contributed by atoms with Crippen molar-refractivity contribution in [2.45, 2.75) is 25.1 Å². The molecule has 88 valence electrons. The second-order valence-electron chi connectivity index (χ2n) is 3.96. The van der Waals surface area contributed by atoms with Gasteiger partial charge in [-0.3, -0.25) is 0 Å². The van der Waals surface area contributed by atoms with Gasteiger partial charge in [0.15, 0.2) is 11.6 Å². The molecule has 0 aliphatic carbocycles. The molecule has 1 aliphatic heterocycles. The molecule has 1 aromatic rings. The Kier molecular flexibility index (Phi) is 2.88. The predicted octanol–water partition coefficient (Wildman–Crippen LogP) is 1.02. The third-order valence-corrected chi connectivity index (χ3v) is 3.72. The zero-order valence-corrected chi connectivity index (χ0v) is 10.2. The molecule has 2 unspecified atom stereocenters. The Balaban J connectivity index is 2.34. The number of anilines is 1. The zero-order valence-electron chi connectivity index (χ0n) is 9.36. The highest BCUT2D eigenvalue weighted by Gasteiger charge is 2.35. The monoisotopic (exact) mass is 240 g/mol. The maximum absolute atomic E-state index is 6.30. The molecule has 16 heavy (non-hydrogen) atoms. The van der Waals surface area contributed by atoms with E-state index < -0.39 is 5.66 Å². The summed E-state index contributed by atoms with van der Waals surface area (Å²) in [6.07, 6.45) is 0.647. The Labute approximate surface area is 98.5 Å². The number of hydrogen-bond acceptors (Lipinski definition) is 6. The minimum absolute atomic E-state index is 0.0367. The number of thiophene rings is 1. The highest BCUT2D eigenvalue weighted by Crippen LogP contribution is 2.38. The molecule has 0 saturated heterocycles. The van der Waals surface area contributed by atoms with Gasteiger partial charge in [-0.25, -0.2) is 4.99 Å². The molecule has 5 N–H and O–H groups in total. The van der Waals surface area contributed by atoms with E-state index in [0.29, 0.717) is 12.4 Å². The van der Waals surface area contributed by atoms with Gasteiger partial charge >= 0.3 is 0 Å². The van der Waals surface area contributed by atoms with Crippen molar-refractivity contribution >= 4 is 23.0 Å². The van der Waals surface area contributed by atoms with Crippen LogP contribution >= 0.6 is 11.3 Å². The van der Waals surface area contributed by atoms with Gasteiger partial charge in [-0.05, 0) is 18.4 Å². The molecule has 0 radical (unpaired) electrons. The van der Waals surface area contributed by atoms with Gasteiger partial charge in [0.05, 0.1) is 16.7 Å². The average Bonchev–Trinajstić information content (AvgIpc) is 2.65. The van der Waals surface area contributed by atoms with Crippen molar-refractivity contribution < 1.29 is 4.74 Å². The first-order valence-electron chi connectivity index (χ1n) is 5.07. The second kappa shape index (κ2) is 4.04. The largest absolute Gasteiger partial charge is 0.382 e. The van der Waals surface area contributed by atoms with Gasteiger partial charge in [-0.15, -0.1) is 11.3 Å². The minimum Gasteiger partial charge on any atom is -0.382 e. The minimum atomic E-state index is -0.770. The van der Waals surface area contributed by atoms with Crippen molar-refractivity contribution in [3.05, 3.63) is 16.3 Å². The summed E-state index contributed by atoms with van der Waals surface area (Å²) in [7, 11) is 1.66. The summed E-state index contributed by atoms with van der Waals surface area (Å²) in [6, 6.07) is 1.96. The van der Waals surface area contributed by atoms with Crippen LogP contribution in [0.25, 0.3) is 0 Å². The molecule has 1 aliphatic rings. The van der Waals surface area contributed by atoms with E-state index in [1.165, 1.54) is 0 Å². The van der Waals surface area contributed by atoms with Crippen LogP contribution in [0.2, 0.25) is 0 Å². The first-order chi connectivity index (χ1) is 7.55. The lowest BCUT2D eigenvalue weighted by atomic mass is 10.00. The second-order valence-corrected chi connectivity index (χ2v) is 4.88. The van der Waals surface area contributed by atoms with E-state index in [1.807, 2.05) is 18.4 Å². The topological polar surface area (TPSA) is 85.7 Å². The summed E-state index contributed by atoms with van der Waals surface area (Å²) in [4.78, 5) is 5.31. The number of aliphatic imine (C=N–C) groups is 1. The molecule has 0 saturated carbocycles. The van der Waals surface area contributed by atoms with E-state index >= 15 is 0 Å². The Morgan fingerprint density at radius 3 is 3.12 bits per heavy atom. The first-order valence-corrected chi connectivity index (χ1v) is 5.95. The molecule has 0 fully saturated rings. The van der Waals surface area contributed by atoms with E-state index in [2.05, 4.69) is 10.3 Å². The van der Waals surface area contributed by atoms with Gasteiger partial charge in [0.2, 0.25) is 0 Å². The summed E-state index contributed by atoms with van der Waals surface area (Å²) in [5, 5.41) is 4.98. The lowest BCUT2D eigenvalue weighted by molar-refractivity contribution is 0.0894. The number of ether oxygens (including phenoxy) is 1. The van der Waals surface area contributed by atoms with Crippen LogP contribution in [0.4, 0.5) is 5.69 Å². The van der Waals surface area contributed by atoms with Crippen LogP contribution in [0.15, 0.2) is 16.4 Å². The van der Waals surface area contributed by atoms with Crippen LogP contribution in [-0.2, 0) is 10.4 Å². The molecule has 2 rings (SSSR count). The van der Waals surface area contributed by atoms with Crippen molar-refractivity contribution in [2.75, 3.05) is 12.4 Å². The van der Waals surface area contributed by atoms with Gasteiger partial charge in [0.25, 0.3) is 0 Å². The molecule has 6 heteroatoms. The summed E-state index contributed by atoms with van der Waals surface area (Å²) in [5.74, 6) is 0.358. The van der Waals surface area contributed by atoms with Crippen LogP contribution in [-0.4, -0.2) is 19.2 Å². The quantitative estimate of drug-likeness (QED) is 0.736. The summed E-state index contributed by atoms with van der Waals surface area (Å²) in [5.41, 5.74) is 12.2. The summed E-state index contributed by atoms with van der Waals surface area (Å²) >= 11 is 1.58. The van der Waals surface area contributed by atoms with Crippen molar-refractivity contribution in [1.29, 1.82) is 0 Å². The lowest BCUT2D eigenvalue weighted by Gasteiger charge is -2.31. The van der Waals surface area contributed by atoms with E-state index in [9.17, 15) is 0 Å². The van der Waals surface area contributed by atoms with Crippen LogP contribution in [0.1, 0.15) is 18.2 Å². The standard InChI is InChI=1S/C10H16N4OS/c1-6(15-2)5-10(12)8-7(3-4-16-8)13-9(11)14-10/h3-4,6H,5,12H2,1-2H3,(H3,11,13,14). The fourth-order valence-corrected chi connectivity index (χ4v) is 2.75. The van der Waals surface area contributed by atoms with E-state index in [0.717, 1.165) is 10.6 Å². The lowest BCUT2D eigenvalue weighted by Crippen LogP contribution is -2.44. The number of hydrogen-bond donors (Lipinski definition) is 3. The molecule has 0 spiro atoms. The summed E-state index contributed by atoms with van der Waals surface area (Å²) < 4.78 is 5.24. The predicted molar refractivity (Wildman–Crippen MR) is 66.5 cm³/mol. The van der Waals surface area contributed by atoms with Gasteiger partial charge in [0.1, 0.15) is 0 Å². The number of rotatable bonds is 3. The van der Waals surface area contributed by atoms with E-state index in [4.69, 9.17) is 16.2 Å². The number of methoxy groups -OCH3 is 1. The van der Waals surface area contributed by atoms with E-state index in [-0.39, 0.29) is 6.10 Å². The third kappa shape index (κ3) is 1.91. The molecule has 1 aromatic heterocycles. The first kappa shape index (κ1) is 11.4. The van der Waals surface area contributed by atoms with E-state index in [1.54, 1.807) is 18.4 Å². The number of nitrogens with zero attached hydrogens (tertiary/aromatic N) is 1. The third-order valence-electron chi connectivity index (χ3n) is 2.64. The zero-order chi connectivity index (χ0) is 11.8.